The van der Waals surface area contributed by atoms with Gasteiger partial charge in [-0.1, -0.05) is 18.2 Å². The Labute approximate surface area is 128 Å². The number of hydrogen-bond donors (Lipinski definition) is 1. The van der Waals surface area contributed by atoms with Crippen LogP contribution in [0.5, 0.6) is 5.75 Å². The minimum Gasteiger partial charge on any atom is -0.508 e. The maximum atomic E-state index is 12.5. The molecular weight excluding hydrogens is 280 g/mol. The Bertz CT molecular complexity index is 725. The van der Waals surface area contributed by atoms with Crippen LogP contribution >= 0.6 is 0 Å². The molecule has 0 spiro atoms. The van der Waals surface area contributed by atoms with E-state index in [9.17, 15) is 14.7 Å². The first-order valence-electron chi connectivity index (χ1n) is 7.04. The minimum absolute atomic E-state index is 0.115. The fourth-order valence-corrected chi connectivity index (χ4v) is 2.60. The molecule has 0 aliphatic carbocycles. The van der Waals surface area contributed by atoms with Gasteiger partial charge >= 0.3 is 11.8 Å². The highest BCUT2D eigenvalue weighted by Crippen LogP contribution is 2.28. The van der Waals surface area contributed by atoms with E-state index in [1.807, 2.05) is 24.3 Å². The van der Waals surface area contributed by atoms with Crippen LogP contribution in [0, 0.1) is 0 Å². The molecule has 2 aromatic rings. The molecule has 3 rings (SSSR count). The Morgan fingerprint density at radius 2 is 1.77 bits per heavy atom. The molecule has 1 aliphatic rings. The zero-order chi connectivity index (χ0) is 15.7. The molecule has 112 valence electrons. The van der Waals surface area contributed by atoms with Crippen molar-refractivity contribution in [1.29, 1.82) is 0 Å². The summed E-state index contributed by atoms with van der Waals surface area (Å²) in [4.78, 5) is 27.7. The summed E-state index contributed by atoms with van der Waals surface area (Å²) in [6, 6.07) is 13.8. The largest absolute Gasteiger partial charge is 0.508 e. The van der Waals surface area contributed by atoms with Crippen LogP contribution in [-0.4, -0.2) is 30.5 Å². The van der Waals surface area contributed by atoms with Gasteiger partial charge in [-0.3, -0.25) is 9.59 Å². The summed E-state index contributed by atoms with van der Waals surface area (Å²) in [6.07, 6.45) is 0.762. The molecule has 2 amide bonds. The summed E-state index contributed by atoms with van der Waals surface area (Å²) in [5.41, 5.74) is 2.44. The lowest BCUT2D eigenvalue weighted by Gasteiger charge is -2.21. The molecule has 5 heteroatoms. The Kier molecular flexibility index (Phi) is 3.55. The van der Waals surface area contributed by atoms with Crippen molar-refractivity contribution in [2.45, 2.75) is 6.42 Å². The molecule has 22 heavy (non-hydrogen) atoms. The van der Waals surface area contributed by atoms with Gasteiger partial charge in [0.15, 0.2) is 0 Å². The number of benzene rings is 2. The van der Waals surface area contributed by atoms with Gasteiger partial charge in [-0.05, 0) is 42.3 Å². The van der Waals surface area contributed by atoms with Crippen LogP contribution in [-0.2, 0) is 16.0 Å². The number of carbonyl (C=O) groups is 2. The van der Waals surface area contributed by atoms with Crippen molar-refractivity contribution in [2.75, 3.05) is 23.4 Å². The first kappa shape index (κ1) is 14.1. The quantitative estimate of drug-likeness (QED) is 0.818. The highest BCUT2D eigenvalue weighted by molar-refractivity contribution is 6.45. The van der Waals surface area contributed by atoms with Crippen LogP contribution in [0.25, 0.3) is 0 Å². The van der Waals surface area contributed by atoms with Crippen molar-refractivity contribution in [3.05, 3.63) is 54.1 Å². The smallest absolute Gasteiger partial charge is 0.316 e. The number of hydrogen-bond acceptors (Lipinski definition) is 3. The van der Waals surface area contributed by atoms with Crippen molar-refractivity contribution < 1.29 is 14.7 Å². The molecule has 0 bridgehead atoms. The third kappa shape index (κ3) is 2.41. The standard InChI is InChI=1S/C17H16N2O3/c1-18(13-6-8-14(20)9-7-13)16(21)17(22)19-11-10-12-4-2-3-5-15(12)19/h2-9,20H,10-11H2,1H3. The fourth-order valence-electron chi connectivity index (χ4n) is 2.60. The normalized spacial score (nSPS) is 12.9. The summed E-state index contributed by atoms with van der Waals surface area (Å²) in [5, 5.41) is 9.29. The van der Waals surface area contributed by atoms with Crippen LogP contribution in [0.2, 0.25) is 0 Å². The van der Waals surface area contributed by atoms with Gasteiger partial charge in [-0.2, -0.15) is 0 Å². The maximum Gasteiger partial charge on any atom is 0.316 e. The van der Waals surface area contributed by atoms with Gasteiger partial charge in [-0.15, -0.1) is 0 Å². The first-order chi connectivity index (χ1) is 10.6. The second kappa shape index (κ2) is 5.52. The highest BCUT2D eigenvalue weighted by atomic mass is 16.3. The summed E-state index contributed by atoms with van der Waals surface area (Å²) in [7, 11) is 1.55. The van der Waals surface area contributed by atoms with E-state index in [0.29, 0.717) is 12.2 Å². The molecule has 2 aromatic carbocycles. The monoisotopic (exact) mass is 296 g/mol. The number of likely N-dealkylation sites (N-methyl/N-ethyl adjacent to an activating group) is 1. The first-order valence-corrected chi connectivity index (χ1v) is 7.04. The van der Waals surface area contributed by atoms with Crippen LogP contribution in [0.3, 0.4) is 0 Å². The third-order valence-electron chi connectivity index (χ3n) is 3.86. The molecule has 0 atom stereocenters. The molecule has 0 aromatic heterocycles. The number of phenolic OH excluding ortho intramolecular Hbond substituents is 1. The van der Waals surface area contributed by atoms with Gasteiger partial charge < -0.3 is 14.9 Å². The molecule has 5 nitrogen and oxygen atoms in total. The van der Waals surface area contributed by atoms with Gasteiger partial charge in [0.25, 0.3) is 0 Å². The molecule has 0 fully saturated rings. The van der Waals surface area contributed by atoms with E-state index in [-0.39, 0.29) is 5.75 Å². The molecule has 0 unspecified atom stereocenters. The number of para-hydroxylation sites is 1. The predicted molar refractivity (Wildman–Crippen MR) is 84.0 cm³/mol. The zero-order valence-corrected chi connectivity index (χ0v) is 12.2. The van der Waals surface area contributed by atoms with Gasteiger partial charge in [0, 0.05) is 25.0 Å². The van der Waals surface area contributed by atoms with Crippen molar-refractivity contribution in [1.82, 2.24) is 0 Å². The van der Waals surface area contributed by atoms with Crippen molar-refractivity contribution in [2.24, 2.45) is 0 Å². The van der Waals surface area contributed by atoms with Crippen molar-refractivity contribution in [3.8, 4) is 5.75 Å². The maximum absolute atomic E-state index is 12.5. The molecule has 0 saturated heterocycles. The van der Waals surface area contributed by atoms with Crippen LogP contribution in [0.1, 0.15) is 5.56 Å². The van der Waals surface area contributed by atoms with Gasteiger partial charge in [0.05, 0.1) is 0 Å². The Morgan fingerprint density at radius 3 is 2.50 bits per heavy atom. The Hall–Kier alpha value is -2.82. The van der Waals surface area contributed by atoms with Gasteiger partial charge in [0.1, 0.15) is 5.75 Å². The Morgan fingerprint density at radius 1 is 1.09 bits per heavy atom. The van der Waals surface area contributed by atoms with E-state index >= 15 is 0 Å². The number of fused-ring (bicyclic) bond motifs is 1. The molecule has 1 heterocycles. The minimum atomic E-state index is -0.595. The van der Waals surface area contributed by atoms with Gasteiger partial charge in [0.2, 0.25) is 0 Å². The summed E-state index contributed by atoms with van der Waals surface area (Å²) >= 11 is 0. The lowest BCUT2D eigenvalue weighted by atomic mass is 10.2. The number of phenols is 1. The predicted octanol–water partition coefficient (Wildman–Crippen LogP) is 1.94. The third-order valence-corrected chi connectivity index (χ3v) is 3.86. The number of rotatable bonds is 1. The van der Waals surface area contributed by atoms with E-state index in [1.165, 1.54) is 21.9 Å². The number of aromatic hydroxyl groups is 1. The lowest BCUT2D eigenvalue weighted by molar-refractivity contribution is -0.135. The van der Waals surface area contributed by atoms with Crippen LogP contribution in [0.15, 0.2) is 48.5 Å². The van der Waals surface area contributed by atoms with E-state index in [1.54, 1.807) is 19.2 Å². The number of anilines is 2. The zero-order valence-electron chi connectivity index (χ0n) is 12.2. The van der Waals surface area contributed by atoms with E-state index in [0.717, 1.165) is 17.7 Å². The molecule has 0 saturated carbocycles. The molecule has 0 radical (unpaired) electrons. The summed E-state index contributed by atoms with van der Waals surface area (Å²) in [6.45, 7) is 0.521. The number of nitrogens with zero attached hydrogens (tertiary/aromatic N) is 2. The highest BCUT2D eigenvalue weighted by Gasteiger charge is 2.31. The second-order valence-electron chi connectivity index (χ2n) is 5.22. The van der Waals surface area contributed by atoms with E-state index < -0.39 is 11.8 Å². The second-order valence-corrected chi connectivity index (χ2v) is 5.22. The Balaban J connectivity index is 1.81. The number of amides is 2. The van der Waals surface area contributed by atoms with E-state index in [4.69, 9.17) is 0 Å². The number of carbonyl (C=O) groups excluding carboxylic acids is 2. The summed E-state index contributed by atoms with van der Waals surface area (Å²) in [5.74, 6) is -1.02. The SMILES string of the molecule is CN(C(=O)C(=O)N1CCc2ccccc21)c1ccc(O)cc1. The molecular formula is C17H16N2O3. The van der Waals surface area contributed by atoms with Crippen molar-refractivity contribution in [3.63, 3.8) is 0 Å². The van der Waals surface area contributed by atoms with Crippen LogP contribution < -0.4 is 9.80 Å². The average Bonchev–Trinajstić information content (AvgIpc) is 2.97. The van der Waals surface area contributed by atoms with E-state index in [2.05, 4.69) is 0 Å². The van der Waals surface area contributed by atoms with Crippen LogP contribution in [0.4, 0.5) is 11.4 Å². The van der Waals surface area contributed by atoms with Crippen molar-refractivity contribution >= 4 is 23.2 Å². The lowest BCUT2D eigenvalue weighted by Crippen LogP contribution is -2.43. The average molecular weight is 296 g/mol. The van der Waals surface area contributed by atoms with Gasteiger partial charge in [-0.25, -0.2) is 0 Å². The molecule has 1 N–H and O–H groups in total. The topological polar surface area (TPSA) is 60.9 Å². The molecule has 1 aliphatic heterocycles. The fraction of sp³-hybridized carbons (Fsp3) is 0.176. The summed E-state index contributed by atoms with van der Waals surface area (Å²) < 4.78 is 0.